The second kappa shape index (κ2) is 9.19. The van der Waals surface area contributed by atoms with Gasteiger partial charge in [0.25, 0.3) is 0 Å². The van der Waals surface area contributed by atoms with E-state index < -0.39 is 12.1 Å². The van der Waals surface area contributed by atoms with Crippen LogP contribution in [0.25, 0.3) is 0 Å². The van der Waals surface area contributed by atoms with Crippen molar-refractivity contribution in [3.05, 3.63) is 0 Å². The van der Waals surface area contributed by atoms with Gasteiger partial charge in [0.2, 0.25) is 0 Å². The molecule has 0 amide bonds. The van der Waals surface area contributed by atoms with E-state index in [4.69, 9.17) is 9.84 Å². The zero-order chi connectivity index (χ0) is 8.85. The van der Waals surface area contributed by atoms with E-state index in [9.17, 15) is 9.59 Å². The van der Waals surface area contributed by atoms with Crippen LogP contribution in [0, 0.1) is 0 Å². The summed E-state index contributed by atoms with van der Waals surface area (Å²) in [6.07, 6.45) is -0.427. The molecule has 0 heterocycles. The van der Waals surface area contributed by atoms with Crippen molar-refractivity contribution in [2.75, 3.05) is 7.11 Å². The van der Waals surface area contributed by atoms with Crippen LogP contribution in [-0.2, 0) is 14.3 Å². The van der Waals surface area contributed by atoms with Gasteiger partial charge in [0.05, 0.1) is 12.5 Å². The summed E-state index contributed by atoms with van der Waals surface area (Å²) >= 11 is 0. The number of hydrogen-bond donors (Lipinski definition) is 1. The van der Waals surface area contributed by atoms with Crippen LogP contribution in [0.3, 0.4) is 0 Å². The van der Waals surface area contributed by atoms with E-state index in [2.05, 4.69) is 0 Å². The molecule has 0 radical (unpaired) electrons. The lowest BCUT2D eigenvalue weighted by Gasteiger charge is -2.09. The van der Waals surface area contributed by atoms with Crippen molar-refractivity contribution in [2.45, 2.75) is 40.7 Å². The van der Waals surface area contributed by atoms with Crippen LogP contribution < -0.4 is 0 Å². The molecule has 13 heavy (non-hydrogen) atoms. The molecule has 4 nitrogen and oxygen atoms in total. The number of hydrogen-bond acceptors (Lipinski definition) is 3. The van der Waals surface area contributed by atoms with Crippen LogP contribution in [0.15, 0.2) is 0 Å². The summed E-state index contributed by atoms with van der Waals surface area (Å²) in [5.41, 5.74) is 0. The second-order valence-corrected chi connectivity index (χ2v) is 2.36. The molecular weight excluding hydrogens is 172 g/mol. The lowest BCUT2D eigenvalue weighted by Crippen LogP contribution is -2.18. The Kier molecular flexibility index (Phi) is 12.7. The minimum Gasteiger partial charge on any atom is -0.481 e. The largest absolute Gasteiger partial charge is 0.481 e. The quantitative estimate of drug-likeness (QED) is 0.720. The third-order valence-electron chi connectivity index (χ3n) is 1.25. The monoisotopic (exact) mass is 192 g/mol. The molecule has 1 unspecified atom stereocenters. The Morgan fingerprint density at radius 1 is 1.31 bits per heavy atom. The van der Waals surface area contributed by atoms with E-state index in [1.54, 1.807) is 0 Å². The van der Waals surface area contributed by atoms with E-state index in [1.807, 2.05) is 0 Å². The second-order valence-electron chi connectivity index (χ2n) is 2.36. The van der Waals surface area contributed by atoms with Crippen LogP contribution in [0.5, 0.6) is 0 Å². The molecule has 1 atom stereocenters. The molecule has 0 spiro atoms. The number of rotatable bonds is 5. The minimum absolute atomic E-state index is 0. The van der Waals surface area contributed by atoms with E-state index in [0.717, 1.165) is 0 Å². The summed E-state index contributed by atoms with van der Waals surface area (Å²) in [6, 6.07) is 0. The molecule has 0 rings (SSSR count). The first-order valence-corrected chi connectivity index (χ1v) is 3.30. The van der Waals surface area contributed by atoms with Gasteiger partial charge < -0.3 is 9.84 Å². The molecule has 80 valence electrons. The molecule has 0 aliphatic carbocycles. The van der Waals surface area contributed by atoms with E-state index >= 15 is 0 Å². The maximum atomic E-state index is 10.5. The van der Waals surface area contributed by atoms with Gasteiger partial charge in [-0.1, -0.05) is 14.9 Å². The zero-order valence-electron chi connectivity index (χ0n) is 6.66. The van der Waals surface area contributed by atoms with Crippen molar-refractivity contribution in [2.24, 2.45) is 0 Å². The van der Waals surface area contributed by atoms with Crippen LogP contribution in [-0.4, -0.2) is 30.1 Å². The molecule has 0 aliphatic heterocycles. The summed E-state index contributed by atoms with van der Waals surface area (Å²) in [6.45, 7) is 1.41. The van der Waals surface area contributed by atoms with Crippen molar-refractivity contribution < 1.29 is 19.4 Å². The van der Waals surface area contributed by atoms with Crippen molar-refractivity contribution >= 4 is 11.8 Å². The number of Topliss-reactive ketones (excluding diaryl/α,β-unsaturated/α-hetero) is 1. The van der Waals surface area contributed by atoms with Crippen LogP contribution in [0.2, 0.25) is 0 Å². The highest BCUT2D eigenvalue weighted by Crippen LogP contribution is 2.02. The van der Waals surface area contributed by atoms with Gasteiger partial charge in [-0.3, -0.25) is 9.59 Å². The number of aliphatic carboxylic acids is 1. The lowest BCUT2D eigenvalue weighted by atomic mass is 10.1. The summed E-state index contributed by atoms with van der Waals surface area (Å²) < 4.78 is 4.77. The van der Waals surface area contributed by atoms with E-state index in [-0.39, 0.29) is 33.5 Å². The zero-order valence-corrected chi connectivity index (χ0v) is 6.66. The Hall–Kier alpha value is -0.900. The fourth-order valence-corrected chi connectivity index (χ4v) is 0.754. The Balaban J connectivity index is -0.000000500. The van der Waals surface area contributed by atoms with Crippen molar-refractivity contribution in [3.8, 4) is 0 Å². The van der Waals surface area contributed by atoms with E-state index in [1.165, 1.54) is 14.0 Å². The SMILES string of the molecule is C.C.COC(CC(C)=O)CC(=O)O. The predicted molar refractivity (Wildman–Crippen MR) is 51.8 cm³/mol. The first kappa shape index (κ1) is 18.0. The van der Waals surface area contributed by atoms with Crippen molar-refractivity contribution in [1.82, 2.24) is 0 Å². The topological polar surface area (TPSA) is 63.6 Å². The number of ketones is 1. The molecule has 0 aliphatic rings. The molecule has 0 aromatic rings. The molecule has 0 saturated carbocycles. The Labute approximate surface area is 79.9 Å². The fourth-order valence-electron chi connectivity index (χ4n) is 0.754. The van der Waals surface area contributed by atoms with Gasteiger partial charge in [-0.15, -0.1) is 0 Å². The van der Waals surface area contributed by atoms with Gasteiger partial charge in [-0.2, -0.15) is 0 Å². The van der Waals surface area contributed by atoms with Gasteiger partial charge in [0.15, 0.2) is 0 Å². The highest BCUT2D eigenvalue weighted by atomic mass is 16.5. The third kappa shape index (κ3) is 11.1. The molecule has 0 saturated heterocycles. The van der Waals surface area contributed by atoms with Crippen LogP contribution >= 0.6 is 0 Å². The fraction of sp³-hybridized carbons (Fsp3) is 0.778. The van der Waals surface area contributed by atoms with Gasteiger partial charge in [-0.05, 0) is 6.92 Å². The first-order chi connectivity index (χ1) is 5.06. The van der Waals surface area contributed by atoms with Gasteiger partial charge in [-0.25, -0.2) is 0 Å². The highest BCUT2D eigenvalue weighted by Gasteiger charge is 2.13. The van der Waals surface area contributed by atoms with Gasteiger partial charge in [0.1, 0.15) is 5.78 Å². The number of carboxylic acids is 1. The number of ether oxygens (including phenoxy) is 1. The third-order valence-corrected chi connectivity index (χ3v) is 1.25. The summed E-state index contributed by atoms with van der Waals surface area (Å²) in [4.78, 5) is 20.7. The number of carbonyl (C=O) groups is 2. The van der Waals surface area contributed by atoms with Crippen molar-refractivity contribution in [3.63, 3.8) is 0 Å². The number of carbonyl (C=O) groups excluding carboxylic acids is 1. The maximum Gasteiger partial charge on any atom is 0.305 e. The Morgan fingerprint density at radius 2 is 1.77 bits per heavy atom. The van der Waals surface area contributed by atoms with E-state index in [0.29, 0.717) is 0 Å². The summed E-state index contributed by atoms with van der Waals surface area (Å²) in [7, 11) is 1.40. The normalized spacial score (nSPS) is 10.6. The molecule has 1 N–H and O–H groups in total. The summed E-state index contributed by atoms with van der Waals surface area (Å²) in [5, 5.41) is 8.34. The average Bonchev–Trinajstić information content (AvgIpc) is 1.84. The average molecular weight is 192 g/mol. The van der Waals surface area contributed by atoms with Crippen molar-refractivity contribution in [1.29, 1.82) is 0 Å². The molecule has 4 heteroatoms. The molecule has 0 bridgehead atoms. The molecule has 0 aromatic heterocycles. The standard InChI is InChI=1S/C7H12O4.2CH4/c1-5(8)3-6(11-2)4-7(9)10;;/h6H,3-4H2,1-2H3,(H,9,10);2*1H4. The smallest absolute Gasteiger partial charge is 0.305 e. The molecule has 0 aromatic carbocycles. The maximum absolute atomic E-state index is 10.5. The van der Waals surface area contributed by atoms with Crippen LogP contribution in [0.1, 0.15) is 34.6 Å². The first-order valence-electron chi connectivity index (χ1n) is 3.30. The van der Waals surface area contributed by atoms with Gasteiger partial charge >= 0.3 is 5.97 Å². The Morgan fingerprint density at radius 3 is 2.00 bits per heavy atom. The number of carboxylic acid groups (broad SMARTS) is 1. The van der Waals surface area contributed by atoms with Crippen LogP contribution in [0.4, 0.5) is 0 Å². The lowest BCUT2D eigenvalue weighted by molar-refractivity contribution is -0.140. The highest BCUT2D eigenvalue weighted by molar-refractivity contribution is 5.77. The summed E-state index contributed by atoms with van der Waals surface area (Å²) in [5.74, 6) is -1.00. The predicted octanol–water partition coefficient (Wildman–Crippen LogP) is 1.73. The molecule has 0 fully saturated rings. The molecular formula is C9H20O4. The minimum atomic E-state index is -0.946. The van der Waals surface area contributed by atoms with Gasteiger partial charge in [0, 0.05) is 13.5 Å². The Bertz CT molecular complexity index is 138. The number of methoxy groups -OCH3 is 1.